The molecule has 9 heteroatoms. The highest BCUT2D eigenvalue weighted by Gasteiger charge is 2.17. The SMILES string of the molecule is COc1ccc2nc(NC(=O)Cn3cnc4sc(-c5ccccc5)c(C)c4c3=O)sc2c1. The van der Waals surface area contributed by atoms with Crippen LogP contribution in [0.15, 0.2) is 59.7 Å². The molecule has 0 bridgehead atoms. The molecule has 0 aliphatic carbocycles. The summed E-state index contributed by atoms with van der Waals surface area (Å²) >= 11 is 2.83. The van der Waals surface area contributed by atoms with E-state index in [9.17, 15) is 9.59 Å². The Morgan fingerprint density at radius 2 is 1.97 bits per heavy atom. The van der Waals surface area contributed by atoms with Crippen molar-refractivity contribution in [2.45, 2.75) is 13.5 Å². The number of anilines is 1. The van der Waals surface area contributed by atoms with Gasteiger partial charge >= 0.3 is 0 Å². The Balaban J connectivity index is 1.41. The lowest BCUT2D eigenvalue weighted by Gasteiger charge is -2.05. The fourth-order valence-electron chi connectivity index (χ4n) is 3.54. The maximum Gasteiger partial charge on any atom is 0.262 e. The molecule has 160 valence electrons. The van der Waals surface area contributed by atoms with E-state index >= 15 is 0 Å². The van der Waals surface area contributed by atoms with Crippen molar-refractivity contribution in [2.75, 3.05) is 12.4 Å². The zero-order valence-electron chi connectivity index (χ0n) is 17.3. The number of ether oxygens (including phenoxy) is 1. The maximum atomic E-state index is 13.1. The Morgan fingerprint density at radius 3 is 2.75 bits per heavy atom. The Morgan fingerprint density at radius 1 is 1.16 bits per heavy atom. The first-order valence-electron chi connectivity index (χ1n) is 9.82. The summed E-state index contributed by atoms with van der Waals surface area (Å²) in [6.45, 7) is 1.78. The van der Waals surface area contributed by atoms with Crippen LogP contribution in [0.2, 0.25) is 0 Å². The van der Waals surface area contributed by atoms with E-state index in [0.29, 0.717) is 15.3 Å². The number of thiazole rings is 1. The third-order valence-electron chi connectivity index (χ3n) is 5.11. The lowest BCUT2D eigenvalue weighted by molar-refractivity contribution is -0.116. The zero-order chi connectivity index (χ0) is 22.2. The van der Waals surface area contributed by atoms with Crippen LogP contribution >= 0.6 is 22.7 Å². The average molecular weight is 463 g/mol. The van der Waals surface area contributed by atoms with Crippen molar-refractivity contribution < 1.29 is 9.53 Å². The van der Waals surface area contributed by atoms with Gasteiger partial charge in [0.2, 0.25) is 5.91 Å². The van der Waals surface area contributed by atoms with Crippen LogP contribution in [-0.4, -0.2) is 27.6 Å². The third-order valence-corrected chi connectivity index (χ3v) is 7.29. The van der Waals surface area contributed by atoms with Crippen molar-refractivity contribution in [3.63, 3.8) is 0 Å². The predicted molar refractivity (Wildman–Crippen MR) is 129 cm³/mol. The summed E-state index contributed by atoms with van der Waals surface area (Å²) in [5.41, 5.74) is 2.47. The van der Waals surface area contributed by atoms with Crippen LogP contribution in [0.4, 0.5) is 5.13 Å². The lowest BCUT2D eigenvalue weighted by atomic mass is 10.1. The van der Waals surface area contributed by atoms with Crippen molar-refractivity contribution in [3.8, 4) is 16.2 Å². The molecule has 5 rings (SSSR count). The Kier molecular flexibility index (Phi) is 5.20. The first-order valence-corrected chi connectivity index (χ1v) is 11.4. The number of hydrogen-bond acceptors (Lipinski definition) is 7. The van der Waals surface area contributed by atoms with Gasteiger partial charge in [0.1, 0.15) is 17.1 Å². The van der Waals surface area contributed by atoms with Crippen LogP contribution in [-0.2, 0) is 11.3 Å². The minimum absolute atomic E-state index is 0.142. The number of rotatable bonds is 5. The number of methoxy groups -OCH3 is 1. The second-order valence-corrected chi connectivity index (χ2v) is 9.21. The first kappa shape index (κ1) is 20.3. The quantitative estimate of drug-likeness (QED) is 0.410. The van der Waals surface area contributed by atoms with Crippen molar-refractivity contribution in [3.05, 3.63) is 70.8 Å². The molecule has 3 aromatic heterocycles. The van der Waals surface area contributed by atoms with Gasteiger partial charge in [-0.1, -0.05) is 41.7 Å². The van der Waals surface area contributed by atoms with E-state index < -0.39 is 0 Å². The number of nitrogens with zero attached hydrogens (tertiary/aromatic N) is 3. The standard InChI is InChI=1S/C23H18N4O3S2/c1-13-19-21(32-20(13)14-6-4-3-5-7-14)24-12-27(22(19)29)11-18(28)26-23-25-16-9-8-15(30-2)10-17(16)31-23/h3-10,12H,11H2,1-2H3,(H,25,26,28). The number of aromatic nitrogens is 3. The number of nitrogens with one attached hydrogen (secondary N) is 1. The molecule has 0 aliphatic heterocycles. The van der Waals surface area contributed by atoms with Gasteiger partial charge in [-0.3, -0.25) is 14.2 Å². The molecule has 0 radical (unpaired) electrons. The van der Waals surface area contributed by atoms with Crippen molar-refractivity contribution in [1.29, 1.82) is 0 Å². The summed E-state index contributed by atoms with van der Waals surface area (Å²) in [7, 11) is 1.60. The number of hydrogen-bond donors (Lipinski definition) is 1. The molecule has 0 atom stereocenters. The fraction of sp³-hybridized carbons (Fsp3) is 0.130. The molecule has 1 N–H and O–H groups in total. The van der Waals surface area contributed by atoms with Crippen LogP contribution in [0.5, 0.6) is 5.75 Å². The molecule has 2 aromatic carbocycles. The fourth-order valence-corrected chi connectivity index (χ4v) is 5.59. The Labute approximate surface area is 191 Å². The summed E-state index contributed by atoms with van der Waals surface area (Å²) in [5.74, 6) is 0.390. The van der Waals surface area contributed by atoms with Crippen molar-refractivity contribution >= 4 is 54.1 Å². The normalized spacial score (nSPS) is 11.2. The molecule has 0 unspecified atom stereocenters. The average Bonchev–Trinajstić information content (AvgIpc) is 3.36. The van der Waals surface area contributed by atoms with Gasteiger partial charge in [-0.25, -0.2) is 9.97 Å². The second-order valence-electron chi connectivity index (χ2n) is 7.18. The van der Waals surface area contributed by atoms with E-state index in [0.717, 1.165) is 32.0 Å². The van der Waals surface area contributed by atoms with E-state index in [4.69, 9.17) is 4.74 Å². The van der Waals surface area contributed by atoms with Gasteiger partial charge in [0.25, 0.3) is 5.56 Å². The number of amides is 1. The highest BCUT2D eigenvalue weighted by Crippen LogP contribution is 2.35. The van der Waals surface area contributed by atoms with E-state index in [1.165, 1.54) is 33.6 Å². The third kappa shape index (κ3) is 3.65. The molecule has 32 heavy (non-hydrogen) atoms. The number of carbonyl (C=O) groups excluding carboxylic acids is 1. The van der Waals surface area contributed by atoms with Gasteiger partial charge in [-0.2, -0.15) is 0 Å². The summed E-state index contributed by atoms with van der Waals surface area (Å²) in [4.78, 5) is 36.3. The summed E-state index contributed by atoms with van der Waals surface area (Å²) in [6.07, 6.45) is 1.43. The number of thiophene rings is 1. The summed E-state index contributed by atoms with van der Waals surface area (Å²) in [5, 5.41) is 3.80. The molecule has 3 heterocycles. The molecule has 1 amide bonds. The Hall–Kier alpha value is -3.56. The largest absolute Gasteiger partial charge is 0.497 e. The van der Waals surface area contributed by atoms with Gasteiger partial charge < -0.3 is 10.1 Å². The predicted octanol–water partition coefficient (Wildman–Crippen LogP) is 4.69. The minimum Gasteiger partial charge on any atom is -0.497 e. The van der Waals surface area contributed by atoms with Crippen LogP contribution < -0.4 is 15.6 Å². The Bertz CT molecular complexity index is 1520. The second kappa shape index (κ2) is 8.18. The van der Waals surface area contributed by atoms with Gasteiger partial charge in [-0.15, -0.1) is 11.3 Å². The lowest BCUT2D eigenvalue weighted by Crippen LogP contribution is -2.27. The summed E-state index contributed by atoms with van der Waals surface area (Å²) in [6, 6.07) is 15.4. The van der Waals surface area contributed by atoms with E-state index in [1.807, 2.05) is 55.5 Å². The molecule has 0 saturated carbocycles. The van der Waals surface area contributed by atoms with Crippen LogP contribution in [0.3, 0.4) is 0 Å². The minimum atomic E-state index is -0.338. The van der Waals surface area contributed by atoms with E-state index in [-0.39, 0.29) is 18.0 Å². The molecule has 0 spiro atoms. The number of carbonyl (C=O) groups is 1. The van der Waals surface area contributed by atoms with E-state index in [1.54, 1.807) is 7.11 Å². The van der Waals surface area contributed by atoms with Crippen molar-refractivity contribution in [2.24, 2.45) is 0 Å². The van der Waals surface area contributed by atoms with Gasteiger partial charge in [0.15, 0.2) is 5.13 Å². The monoisotopic (exact) mass is 462 g/mol. The topological polar surface area (TPSA) is 86.1 Å². The molecule has 0 fully saturated rings. The maximum absolute atomic E-state index is 13.1. The molecule has 0 saturated heterocycles. The molecule has 0 aliphatic rings. The summed E-state index contributed by atoms with van der Waals surface area (Å²) < 4.78 is 7.47. The van der Waals surface area contributed by atoms with E-state index in [2.05, 4.69) is 15.3 Å². The smallest absolute Gasteiger partial charge is 0.262 e. The van der Waals surface area contributed by atoms with Gasteiger partial charge in [0, 0.05) is 4.88 Å². The number of aryl methyl sites for hydroxylation is 1. The van der Waals surface area contributed by atoms with Crippen molar-refractivity contribution in [1.82, 2.24) is 14.5 Å². The van der Waals surface area contributed by atoms with Gasteiger partial charge in [-0.05, 0) is 36.2 Å². The first-order chi connectivity index (χ1) is 15.5. The number of benzene rings is 2. The van der Waals surface area contributed by atoms with Crippen LogP contribution in [0.25, 0.3) is 30.9 Å². The highest BCUT2D eigenvalue weighted by atomic mass is 32.1. The number of fused-ring (bicyclic) bond motifs is 2. The molecule has 7 nitrogen and oxygen atoms in total. The highest BCUT2D eigenvalue weighted by molar-refractivity contribution is 7.22. The molecule has 5 aromatic rings. The van der Waals surface area contributed by atoms with Gasteiger partial charge in [0.05, 0.1) is 29.0 Å². The molecular formula is C23H18N4O3S2. The molecular weight excluding hydrogens is 444 g/mol. The van der Waals surface area contributed by atoms with Crippen LogP contribution in [0.1, 0.15) is 5.56 Å². The van der Waals surface area contributed by atoms with Crippen LogP contribution in [0, 0.1) is 6.92 Å². The zero-order valence-corrected chi connectivity index (χ0v) is 18.9.